The average Bonchev–Trinajstić information content (AvgIpc) is 2.98. The van der Waals surface area contributed by atoms with Crippen molar-refractivity contribution in [1.82, 2.24) is 25.3 Å². The van der Waals surface area contributed by atoms with Gasteiger partial charge >= 0.3 is 5.97 Å². The normalized spacial score (nSPS) is 11.1. The SMILES string of the molecule is CC(C)(C)NCC(=O)O.Nc1nc(-c2c[nH]c3ncc(Cl)cc23)ncc1F. The third kappa shape index (κ3) is 5.87. The number of carboxylic acids is 1. The highest BCUT2D eigenvalue weighted by atomic mass is 35.5. The zero-order chi connectivity index (χ0) is 20.2. The number of carboxylic acid groups (broad SMARTS) is 1. The second-order valence-electron chi connectivity index (χ2n) is 6.68. The Morgan fingerprint density at radius 1 is 1.37 bits per heavy atom. The molecule has 0 aromatic carbocycles. The number of rotatable bonds is 3. The minimum Gasteiger partial charge on any atom is -0.480 e. The monoisotopic (exact) mass is 394 g/mol. The van der Waals surface area contributed by atoms with Gasteiger partial charge in [-0.25, -0.2) is 19.3 Å². The summed E-state index contributed by atoms with van der Waals surface area (Å²) in [7, 11) is 0. The van der Waals surface area contributed by atoms with E-state index < -0.39 is 11.8 Å². The van der Waals surface area contributed by atoms with Crippen LogP contribution in [0.3, 0.4) is 0 Å². The highest BCUT2D eigenvalue weighted by Gasteiger charge is 2.12. The van der Waals surface area contributed by atoms with Crippen LogP contribution in [0.1, 0.15) is 20.8 Å². The average molecular weight is 395 g/mol. The maximum Gasteiger partial charge on any atom is 0.317 e. The Morgan fingerprint density at radius 2 is 2.07 bits per heavy atom. The van der Waals surface area contributed by atoms with E-state index in [4.69, 9.17) is 22.4 Å². The molecule has 0 atom stereocenters. The van der Waals surface area contributed by atoms with Crippen LogP contribution >= 0.6 is 11.6 Å². The van der Waals surface area contributed by atoms with Crippen molar-refractivity contribution in [2.75, 3.05) is 12.3 Å². The van der Waals surface area contributed by atoms with Gasteiger partial charge in [0.2, 0.25) is 0 Å². The minimum absolute atomic E-state index is 0.0312. The van der Waals surface area contributed by atoms with Gasteiger partial charge in [0.15, 0.2) is 17.5 Å². The summed E-state index contributed by atoms with van der Waals surface area (Å²) in [6, 6.07) is 1.73. The molecule has 27 heavy (non-hydrogen) atoms. The van der Waals surface area contributed by atoms with E-state index in [2.05, 4.69) is 25.3 Å². The molecule has 3 aromatic heterocycles. The van der Waals surface area contributed by atoms with Crippen LogP contribution in [-0.4, -0.2) is 43.1 Å². The van der Waals surface area contributed by atoms with Crippen LogP contribution in [0.5, 0.6) is 0 Å². The Hall–Kier alpha value is -2.78. The molecule has 0 spiro atoms. The van der Waals surface area contributed by atoms with Crippen molar-refractivity contribution in [2.24, 2.45) is 0 Å². The maximum atomic E-state index is 13.0. The highest BCUT2D eigenvalue weighted by Crippen LogP contribution is 2.27. The molecule has 0 bridgehead atoms. The molecule has 3 heterocycles. The lowest BCUT2D eigenvalue weighted by Crippen LogP contribution is -2.39. The number of carbonyl (C=O) groups is 1. The van der Waals surface area contributed by atoms with Gasteiger partial charge in [0.05, 0.1) is 17.8 Å². The van der Waals surface area contributed by atoms with Crippen LogP contribution in [0.15, 0.2) is 24.7 Å². The van der Waals surface area contributed by atoms with Gasteiger partial charge in [-0.3, -0.25) is 4.79 Å². The van der Waals surface area contributed by atoms with Gasteiger partial charge < -0.3 is 21.1 Å². The van der Waals surface area contributed by atoms with Crippen molar-refractivity contribution in [3.8, 4) is 11.4 Å². The van der Waals surface area contributed by atoms with Gasteiger partial charge in [-0.1, -0.05) is 11.6 Å². The largest absolute Gasteiger partial charge is 0.480 e. The molecule has 0 saturated heterocycles. The first kappa shape index (κ1) is 20.5. The topological polar surface area (TPSA) is 130 Å². The molecule has 5 N–H and O–H groups in total. The van der Waals surface area contributed by atoms with Crippen LogP contribution in [0.4, 0.5) is 10.2 Å². The third-order valence-corrected chi connectivity index (χ3v) is 3.49. The summed E-state index contributed by atoms with van der Waals surface area (Å²) in [6.07, 6.45) is 4.25. The lowest BCUT2D eigenvalue weighted by molar-refractivity contribution is -0.136. The number of pyridine rings is 1. The Balaban J connectivity index is 0.000000249. The number of nitrogens with one attached hydrogen (secondary N) is 2. The summed E-state index contributed by atoms with van der Waals surface area (Å²) in [5.41, 5.74) is 6.65. The second-order valence-corrected chi connectivity index (χ2v) is 7.11. The van der Waals surface area contributed by atoms with E-state index in [1.807, 2.05) is 20.8 Å². The summed E-state index contributed by atoms with van der Waals surface area (Å²) >= 11 is 5.89. The van der Waals surface area contributed by atoms with Gasteiger partial charge in [-0.05, 0) is 26.8 Å². The number of nitrogens with two attached hydrogens (primary N) is 1. The first-order valence-corrected chi connectivity index (χ1v) is 8.32. The second kappa shape index (κ2) is 8.28. The smallest absolute Gasteiger partial charge is 0.317 e. The summed E-state index contributed by atoms with van der Waals surface area (Å²) in [4.78, 5) is 24.9. The molecule has 8 nitrogen and oxygen atoms in total. The number of halogens is 2. The van der Waals surface area contributed by atoms with E-state index in [9.17, 15) is 9.18 Å². The van der Waals surface area contributed by atoms with Crippen LogP contribution in [0.25, 0.3) is 22.4 Å². The molecule has 144 valence electrons. The fourth-order valence-electron chi connectivity index (χ4n) is 2.01. The molecule has 0 aliphatic heterocycles. The molecule has 0 fully saturated rings. The Labute approximate surface area is 160 Å². The molecular formula is C17H20ClFN6O2. The quantitative estimate of drug-likeness (QED) is 0.537. The van der Waals surface area contributed by atoms with Crippen molar-refractivity contribution in [3.63, 3.8) is 0 Å². The van der Waals surface area contributed by atoms with Crippen LogP contribution in [-0.2, 0) is 4.79 Å². The first-order valence-electron chi connectivity index (χ1n) is 7.94. The van der Waals surface area contributed by atoms with Gasteiger partial charge in [0, 0.05) is 28.9 Å². The number of H-pyrrole nitrogens is 1. The molecule has 0 aliphatic carbocycles. The summed E-state index contributed by atoms with van der Waals surface area (Å²) < 4.78 is 13.0. The maximum absolute atomic E-state index is 13.0. The predicted octanol–water partition coefficient (Wildman–Crippen LogP) is 2.85. The van der Waals surface area contributed by atoms with E-state index in [1.165, 1.54) is 6.20 Å². The Morgan fingerprint density at radius 3 is 2.63 bits per heavy atom. The molecule has 0 unspecified atom stereocenters. The molecule has 0 aliphatic rings. The fraction of sp³-hybridized carbons (Fsp3) is 0.294. The number of hydrogen-bond acceptors (Lipinski definition) is 6. The zero-order valence-electron chi connectivity index (χ0n) is 15.0. The molecule has 3 rings (SSSR count). The molecule has 0 radical (unpaired) electrons. The van der Waals surface area contributed by atoms with Crippen LogP contribution < -0.4 is 11.1 Å². The van der Waals surface area contributed by atoms with Crippen LogP contribution in [0.2, 0.25) is 5.02 Å². The number of aromatic nitrogens is 4. The van der Waals surface area contributed by atoms with Crippen molar-refractivity contribution >= 4 is 34.4 Å². The molecular weight excluding hydrogens is 375 g/mol. The lowest BCUT2D eigenvalue weighted by atomic mass is 10.1. The lowest BCUT2D eigenvalue weighted by Gasteiger charge is -2.18. The number of anilines is 1. The first-order chi connectivity index (χ1) is 12.6. The third-order valence-electron chi connectivity index (χ3n) is 3.28. The van der Waals surface area contributed by atoms with Crippen molar-refractivity contribution < 1.29 is 14.3 Å². The van der Waals surface area contributed by atoms with Gasteiger partial charge in [0.25, 0.3) is 0 Å². The van der Waals surface area contributed by atoms with Crippen LogP contribution in [0, 0.1) is 5.82 Å². The predicted molar refractivity (Wildman–Crippen MR) is 102 cm³/mol. The standard InChI is InChI=1S/C11H7ClFN5.C6H13NO2/c12-5-1-6-7(3-16-10(6)15-2-5)11-17-4-8(13)9(14)18-11;1-6(2,3)7-4-5(8)9/h1-4H,(H,15,16)(H2,14,17,18);7H,4H2,1-3H3,(H,8,9). The molecule has 10 heteroatoms. The number of hydrogen-bond donors (Lipinski definition) is 4. The number of aliphatic carboxylic acids is 1. The number of nitrogens with zero attached hydrogens (tertiary/aromatic N) is 3. The molecule has 0 amide bonds. The summed E-state index contributed by atoms with van der Waals surface area (Å²) in [5.74, 6) is -1.33. The minimum atomic E-state index is -0.815. The van der Waals surface area contributed by atoms with Crippen molar-refractivity contribution in [2.45, 2.75) is 26.3 Å². The highest BCUT2D eigenvalue weighted by molar-refractivity contribution is 6.31. The van der Waals surface area contributed by atoms with E-state index >= 15 is 0 Å². The zero-order valence-corrected chi connectivity index (χ0v) is 15.8. The van der Waals surface area contributed by atoms with Crippen molar-refractivity contribution in [3.05, 3.63) is 35.5 Å². The number of fused-ring (bicyclic) bond motifs is 1. The van der Waals surface area contributed by atoms with Crippen molar-refractivity contribution in [1.29, 1.82) is 0 Å². The Bertz CT molecular complexity index is 954. The van der Waals surface area contributed by atoms with Gasteiger partial charge in [-0.15, -0.1) is 0 Å². The van der Waals surface area contributed by atoms with E-state index in [0.717, 1.165) is 11.6 Å². The summed E-state index contributed by atoms with van der Waals surface area (Å²) in [5, 5.41) is 12.3. The number of aromatic amines is 1. The van der Waals surface area contributed by atoms with Gasteiger partial charge in [-0.2, -0.15) is 0 Å². The number of nitrogen functional groups attached to an aromatic ring is 1. The molecule has 3 aromatic rings. The van der Waals surface area contributed by atoms with E-state index in [1.54, 1.807) is 12.3 Å². The van der Waals surface area contributed by atoms with E-state index in [-0.39, 0.29) is 17.9 Å². The summed E-state index contributed by atoms with van der Waals surface area (Å²) in [6.45, 7) is 5.81. The molecule has 0 saturated carbocycles. The fourth-order valence-corrected chi connectivity index (χ4v) is 2.17. The van der Waals surface area contributed by atoms with Gasteiger partial charge in [0.1, 0.15) is 5.65 Å². The Kier molecular flexibility index (Phi) is 6.29. The van der Waals surface area contributed by atoms with E-state index in [0.29, 0.717) is 22.1 Å².